The van der Waals surface area contributed by atoms with Crippen LogP contribution in [0.3, 0.4) is 0 Å². The Morgan fingerprint density at radius 2 is 1.82 bits per heavy atom. The van der Waals surface area contributed by atoms with Gasteiger partial charge in [0.15, 0.2) is 11.5 Å². The van der Waals surface area contributed by atoms with Crippen molar-refractivity contribution >= 4 is 22.9 Å². The summed E-state index contributed by atoms with van der Waals surface area (Å²) in [6.45, 7) is 1.57. The van der Waals surface area contributed by atoms with Crippen molar-refractivity contribution in [3.63, 3.8) is 0 Å². The first-order valence-electron chi connectivity index (χ1n) is 5.33. The predicted octanol–water partition coefficient (Wildman–Crippen LogP) is 2.79. The van der Waals surface area contributed by atoms with Crippen LogP contribution in [0.1, 0.15) is 25.3 Å². The molecule has 0 saturated carbocycles. The Morgan fingerprint density at radius 1 is 1.18 bits per heavy atom. The van der Waals surface area contributed by atoms with Crippen LogP contribution in [0.25, 0.3) is 0 Å². The van der Waals surface area contributed by atoms with Crippen molar-refractivity contribution in [2.24, 2.45) is 0 Å². The Morgan fingerprint density at radius 3 is 2.35 bits per heavy atom. The van der Waals surface area contributed by atoms with Crippen molar-refractivity contribution in [3.8, 4) is 11.5 Å². The summed E-state index contributed by atoms with van der Waals surface area (Å²) in [7, 11) is 3.17. The minimum atomic E-state index is 0.146. The zero-order valence-electron chi connectivity index (χ0n) is 10.3. The molecule has 0 amide bonds. The molecule has 0 fully saturated rings. The maximum absolute atomic E-state index is 10.9. The number of rotatable bonds is 6. The molecule has 0 aliphatic carbocycles. The van der Waals surface area contributed by atoms with Crippen LogP contribution in [0.5, 0.6) is 11.5 Å². The number of ether oxygens (including phenoxy) is 2. The summed E-state index contributed by atoms with van der Waals surface area (Å²) in [5, 5.41) is 0. The third-order valence-corrected chi connectivity index (χ3v) is 2.85. The molecule has 0 radical (unpaired) electrons. The van der Waals surface area contributed by atoms with Gasteiger partial charge < -0.3 is 14.3 Å². The molecule has 0 saturated heterocycles. The number of thiocarbonyl (C=S) groups is 1. The number of ketones is 1. The molecule has 92 valence electrons. The molecule has 1 aromatic carbocycles. The van der Waals surface area contributed by atoms with Crippen molar-refractivity contribution in [1.82, 2.24) is 0 Å². The quantitative estimate of drug-likeness (QED) is 0.576. The highest BCUT2D eigenvalue weighted by molar-refractivity contribution is 7.80. The van der Waals surface area contributed by atoms with Crippen LogP contribution in [0, 0.1) is 0 Å². The molecule has 0 unspecified atom stereocenters. The fraction of sp³-hybridized carbons (Fsp3) is 0.385. The largest absolute Gasteiger partial charge is 0.493 e. The maximum Gasteiger partial charge on any atom is 0.161 e. The third-order valence-electron chi connectivity index (χ3n) is 2.41. The number of benzene rings is 1. The minimum Gasteiger partial charge on any atom is -0.493 e. The lowest BCUT2D eigenvalue weighted by Crippen LogP contribution is -2.02. The van der Waals surface area contributed by atoms with E-state index in [-0.39, 0.29) is 5.78 Å². The van der Waals surface area contributed by atoms with Gasteiger partial charge in [0.1, 0.15) is 5.78 Å². The highest BCUT2D eigenvalue weighted by atomic mass is 32.1. The van der Waals surface area contributed by atoms with E-state index in [2.05, 4.69) is 0 Å². The second-order valence-electron chi connectivity index (χ2n) is 3.69. The van der Waals surface area contributed by atoms with Crippen LogP contribution in [0.15, 0.2) is 18.2 Å². The van der Waals surface area contributed by atoms with Gasteiger partial charge in [0.25, 0.3) is 0 Å². The summed E-state index contributed by atoms with van der Waals surface area (Å²) in [5.41, 5.74) is 0.902. The predicted molar refractivity (Wildman–Crippen MR) is 71.2 cm³/mol. The van der Waals surface area contributed by atoms with Gasteiger partial charge in [0.2, 0.25) is 0 Å². The van der Waals surface area contributed by atoms with Gasteiger partial charge in [-0.25, -0.2) is 0 Å². The van der Waals surface area contributed by atoms with Crippen molar-refractivity contribution in [3.05, 3.63) is 23.8 Å². The summed E-state index contributed by atoms with van der Waals surface area (Å²) < 4.78 is 10.3. The van der Waals surface area contributed by atoms with E-state index in [4.69, 9.17) is 21.7 Å². The van der Waals surface area contributed by atoms with Gasteiger partial charge in [0.05, 0.1) is 14.2 Å². The van der Waals surface area contributed by atoms with E-state index in [9.17, 15) is 4.79 Å². The number of Topliss-reactive ketones (excluding diaryl/α,β-unsaturated/α-hetero) is 1. The van der Waals surface area contributed by atoms with Crippen molar-refractivity contribution in [2.75, 3.05) is 14.2 Å². The molecular weight excluding hydrogens is 236 g/mol. The van der Waals surface area contributed by atoms with E-state index in [1.165, 1.54) is 0 Å². The van der Waals surface area contributed by atoms with Crippen LogP contribution < -0.4 is 9.47 Å². The molecule has 17 heavy (non-hydrogen) atoms. The molecular formula is C13H16O3S. The van der Waals surface area contributed by atoms with E-state index in [0.29, 0.717) is 24.3 Å². The first-order valence-corrected chi connectivity index (χ1v) is 5.74. The van der Waals surface area contributed by atoms with Crippen LogP contribution in [0.2, 0.25) is 0 Å². The molecule has 0 heterocycles. The highest BCUT2D eigenvalue weighted by Crippen LogP contribution is 2.28. The highest BCUT2D eigenvalue weighted by Gasteiger charge is 2.08. The van der Waals surface area contributed by atoms with Crippen LogP contribution in [0.4, 0.5) is 0 Å². The van der Waals surface area contributed by atoms with Crippen molar-refractivity contribution in [1.29, 1.82) is 0 Å². The zero-order chi connectivity index (χ0) is 12.8. The summed E-state index contributed by atoms with van der Waals surface area (Å²) >= 11 is 5.28. The Kier molecular flexibility index (Phi) is 5.10. The lowest BCUT2D eigenvalue weighted by atomic mass is 10.1. The zero-order valence-corrected chi connectivity index (χ0v) is 11.1. The summed E-state index contributed by atoms with van der Waals surface area (Å²) in [6, 6.07) is 5.53. The van der Waals surface area contributed by atoms with E-state index in [1.54, 1.807) is 21.1 Å². The minimum absolute atomic E-state index is 0.146. The maximum atomic E-state index is 10.9. The normalized spacial score (nSPS) is 9.82. The second kappa shape index (κ2) is 6.35. The molecule has 0 bridgehead atoms. The lowest BCUT2D eigenvalue weighted by molar-refractivity contribution is -0.116. The SMILES string of the molecule is COc1ccc(C(=S)CCC(C)=O)cc1OC. The Hall–Kier alpha value is -1.42. The average Bonchev–Trinajstić information content (AvgIpc) is 2.34. The number of hydrogen-bond acceptors (Lipinski definition) is 4. The average molecular weight is 252 g/mol. The van der Waals surface area contributed by atoms with Crippen LogP contribution >= 0.6 is 12.2 Å². The van der Waals surface area contributed by atoms with Gasteiger partial charge in [0, 0.05) is 11.3 Å². The fourth-order valence-corrected chi connectivity index (χ4v) is 1.67. The molecule has 1 aromatic rings. The standard InChI is InChI=1S/C13H16O3S/c1-9(14)4-7-13(17)10-5-6-11(15-2)12(8-10)16-3/h5-6,8H,4,7H2,1-3H3. The Bertz CT molecular complexity index is 427. The van der Waals surface area contributed by atoms with E-state index >= 15 is 0 Å². The van der Waals surface area contributed by atoms with Gasteiger partial charge in [-0.1, -0.05) is 12.2 Å². The van der Waals surface area contributed by atoms with Gasteiger partial charge in [-0.05, 0) is 37.1 Å². The molecule has 0 aromatic heterocycles. The summed E-state index contributed by atoms with van der Waals surface area (Å²) in [6.07, 6.45) is 1.08. The smallest absolute Gasteiger partial charge is 0.161 e. The summed E-state index contributed by atoms with van der Waals surface area (Å²) in [4.78, 5) is 11.7. The first kappa shape index (κ1) is 13.6. The fourth-order valence-electron chi connectivity index (χ4n) is 1.44. The molecule has 1 rings (SSSR count). The molecule has 0 N–H and O–H groups in total. The van der Waals surface area contributed by atoms with E-state index in [1.807, 2.05) is 18.2 Å². The molecule has 0 atom stereocenters. The number of carbonyl (C=O) groups excluding carboxylic acids is 1. The van der Waals surface area contributed by atoms with Gasteiger partial charge in [-0.3, -0.25) is 0 Å². The van der Waals surface area contributed by atoms with Gasteiger partial charge in [-0.15, -0.1) is 0 Å². The van der Waals surface area contributed by atoms with Crippen molar-refractivity contribution in [2.45, 2.75) is 19.8 Å². The van der Waals surface area contributed by atoms with Crippen molar-refractivity contribution < 1.29 is 14.3 Å². The second-order valence-corrected chi connectivity index (χ2v) is 4.19. The monoisotopic (exact) mass is 252 g/mol. The Balaban J connectivity index is 2.84. The summed E-state index contributed by atoms with van der Waals surface area (Å²) in [5.74, 6) is 1.47. The molecule has 3 nitrogen and oxygen atoms in total. The number of hydrogen-bond donors (Lipinski definition) is 0. The van der Waals surface area contributed by atoms with Gasteiger partial charge >= 0.3 is 0 Å². The number of carbonyl (C=O) groups is 1. The first-order chi connectivity index (χ1) is 8.08. The lowest BCUT2D eigenvalue weighted by Gasteiger charge is -2.10. The van der Waals surface area contributed by atoms with E-state index in [0.717, 1.165) is 10.4 Å². The Labute approximate surface area is 107 Å². The molecule has 0 spiro atoms. The molecule has 0 aliphatic heterocycles. The topological polar surface area (TPSA) is 35.5 Å². The van der Waals surface area contributed by atoms with Crippen LogP contribution in [-0.2, 0) is 4.79 Å². The molecule has 4 heteroatoms. The van der Waals surface area contributed by atoms with E-state index < -0.39 is 0 Å². The molecule has 0 aliphatic rings. The number of methoxy groups -OCH3 is 2. The van der Waals surface area contributed by atoms with Gasteiger partial charge in [-0.2, -0.15) is 0 Å². The van der Waals surface area contributed by atoms with Crippen LogP contribution in [-0.4, -0.2) is 24.9 Å². The third kappa shape index (κ3) is 3.82.